The predicted octanol–water partition coefficient (Wildman–Crippen LogP) is 1.74. The Morgan fingerprint density at radius 1 is 1.00 bits per heavy atom. The van der Waals surface area contributed by atoms with Gasteiger partial charge in [0, 0.05) is 45.0 Å². The Hall–Kier alpha value is -2.47. The number of carbonyl (C=O) groups is 1. The zero-order valence-electron chi connectivity index (χ0n) is 15.5. The first-order valence-corrected chi connectivity index (χ1v) is 9.25. The van der Waals surface area contributed by atoms with Gasteiger partial charge in [-0.2, -0.15) is 0 Å². The maximum Gasteiger partial charge on any atom is 0.272 e. The van der Waals surface area contributed by atoms with Crippen LogP contribution in [-0.4, -0.2) is 65.4 Å². The minimum absolute atomic E-state index is 0.000352. The number of likely N-dealkylation sites (N-methyl/N-ethyl adjacent to an activating group) is 1. The molecule has 3 heterocycles. The lowest BCUT2D eigenvalue weighted by Gasteiger charge is -2.33. The van der Waals surface area contributed by atoms with E-state index in [4.69, 9.17) is 0 Å². The molecule has 0 unspecified atom stereocenters. The summed E-state index contributed by atoms with van der Waals surface area (Å²) in [5, 5.41) is 0. The molecule has 4 rings (SSSR count). The van der Waals surface area contributed by atoms with Crippen molar-refractivity contribution in [2.24, 2.45) is 0 Å². The van der Waals surface area contributed by atoms with Crippen molar-refractivity contribution in [2.75, 3.05) is 44.7 Å². The summed E-state index contributed by atoms with van der Waals surface area (Å²) < 4.78 is 0. The van der Waals surface area contributed by atoms with Gasteiger partial charge < -0.3 is 14.7 Å². The van der Waals surface area contributed by atoms with E-state index < -0.39 is 0 Å². The highest BCUT2D eigenvalue weighted by atomic mass is 16.2. The number of aromatic nitrogens is 2. The van der Waals surface area contributed by atoms with E-state index in [1.165, 1.54) is 11.1 Å². The van der Waals surface area contributed by atoms with E-state index in [0.29, 0.717) is 18.2 Å². The molecule has 0 spiro atoms. The van der Waals surface area contributed by atoms with Crippen LogP contribution in [0.4, 0.5) is 5.95 Å². The monoisotopic (exact) mass is 351 g/mol. The molecule has 0 bridgehead atoms. The molecule has 2 aromatic rings. The topological polar surface area (TPSA) is 52.6 Å². The van der Waals surface area contributed by atoms with Gasteiger partial charge in [-0.05, 0) is 37.6 Å². The molecule has 6 heteroatoms. The highest BCUT2D eigenvalue weighted by Gasteiger charge is 2.24. The van der Waals surface area contributed by atoms with Crippen LogP contribution in [0, 0.1) is 6.92 Å². The molecular weight excluding hydrogens is 326 g/mol. The van der Waals surface area contributed by atoms with Gasteiger partial charge in [0.15, 0.2) is 0 Å². The zero-order valence-corrected chi connectivity index (χ0v) is 15.5. The third-order valence-corrected chi connectivity index (χ3v) is 5.27. The SMILES string of the molecule is Cc1cc(C(=O)N2CCc3ccccc3C2)nc(N2CCN(C)CC2)n1. The molecule has 0 saturated carbocycles. The maximum atomic E-state index is 13.1. The first-order chi connectivity index (χ1) is 12.6. The molecule has 0 atom stereocenters. The highest BCUT2D eigenvalue weighted by Crippen LogP contribution is 2.21. The fraction of sp³-hybridized carbons (Fsp3) is 0.450. The molecule has 0 radical (unpaired) electrons. The van der Waals surface area contributed by atoms with Crippen LogP contribution in [0.5, 0.6) is 0 Å². The van der Waals surface area contributed by atoms with Crippen LogP contribution in [0.2, 0.25) is 0 Å². The quantitative estimate of drug-likeness (QED) is 0.825. The van der Waals surface area contributed by atoms with Crippen LogP contribution >= 0.6 is 0 Å². The van der Waals surface area contributed by atoms with Crippen molar-refractivity contribution in [1.29, 1.82) is 0 Å². The zero-order chi connectivity index (χ0) is 18.1. The summed E-state index contributed by atoms with van der Waals surface area (Å²) >= 11 is 0. The van der Waals surface area contributed by atoms with Crippen molar-refractivity contribution in [2.45, 2.75) is 19.9 Å². The second-order valence-corrected chi connectivity index (χ2v) is 7.23. The first-order valence-electron chi connectivity index (χ1n) is 9.25. The number of amides is 1. The Labute approximate surface area is 154 Å². The number of hydrogen-bond acceptors (Lipinski definition) is 5. The molecule has 1 fully saturated rings. The summed E-state index contributed by atoms with van der Waals surface area (Å²) in [5.41, 5.74) is 3.92. The second-order valence-electron chi connectivity index (χ2n) is 7.23. The van der Waals surface area contributed by atoms with Gasteiger partial charge in [0.05, 0.1) is 0 Å². The number of anilines is 1. The third-order valence-electron chi connectivity index (χ3n) is 5.27. The number of nitrogens with zero attached hydrogens (tertiary/aromatic N) is 5. The van der Waals surface area contributed by atoms with Crippen LogP contribution in [0.3, 0.4) is 0 Å². The molecule has 6 nitrogen and oxygen atoms in total. The third kappa shape index (κ3) is 3.42. The number of fused-ring (bicyclic) bond motifs is 1. The van der Waals surface area contributed by atoms with Crippen molar-refractivity contribution < 1.29 is 4.79 Å². The van der Waals surface area contributed by atoms with E-state index in [-0.39, 0.29) is 5.91 Å². The average molecular weight is 351 g/mol. The molecule has 1 aromatic heterocycles. The highest BCUT2D eigenvalue weighted by molar-refractivity contribution is 5.92. The lowest BCUT2D eigenvalue weighted by molar-refractivity contribution is 0.0728. The van der Waals surface area contributed by atoms with E-state index in [2.05, 4.69) is 45.0 Å². The molecule has 26 heavy (non-hydrogen) atoms. The van der Waals surface area contributed by atoms with Gasteiger partial charge in [0.1, 0.15) is 5.69 Å². The van der Waals surface area contributed by atoms with Crippen LogP contribution in [0.1, 0.15) is 27.3 Å². The molecular formula is C20H25N5O. The van der Waals surface area contributed by atoms with Crippen LogP contribution in [0.25, 0.3) is 0 Å². The van der Waals surface area contributed by atoms with Gasteiger partial charge in [-0.1, -0.05) is 24.3 Å². The maximum absolute atomic E-state index is 13.1. The van der Waals surface area contributed by atoms with Gasteiger partial charge in [-0.3, -0.25) is 4.79 Å². The van der Waals surface area contributed by atoms with Crippen molar-refractivity contribution in [1.82, 2.24) is 19.8 Å². The van der Waals surface area contributed by atoms with E-state index in [1.807, 2.05) is 24.0 Å². The van der Waals surface area contributed by atoms with Crippen molar-refractivity contribution >= 4 is 11.9 Å². The number of piperazine rings is 1. The Kier molecular flexibility index (Phi) is 4.59. The molecule has 1 saturated heterocycles. The predicted molar refractivity (Wildman–Crippen MR) is 101 cm³/mol. The largest absolute Gasteiger partial charge is 0.338 e. The fourth-order valence-electron chi connectivity index (χ4n) is 3.64. The molecule has 136 valence electrons. The Morgan fingerprint density at radius 3 is 2.50 bits per heavy atom. The summed E-state index contributed by atoms with van der Waals surface area (Å²) in [4.78, 5) is 28.6. The Bertz CT molecular complexity index is 814. The summed E-state index contributed by atoms with van der Waals surface area (Å²) in [6, 6.07) is 10.2. The number of hydrogen-bond donors (Lipinski definition) is 0. The standard InChI is InChI=1S/C20H25N5O/c1-15-13-18(22-20(21-15)24-11-9-23(2)10-12-24)19(26)25-8-7-16-5-3-4-6-17(16)14-25/h3-6,13H,7-12,14H2,1-2H3. The second kappa shape index (κ2) is 7.03. The summed E-state index contributed by atoms with van der Waals surface area (Å²) in [5.74, 6) is 0.680. The van der Waals surface area contributed by atoms with Crippen LogP contribution < -0.4 is 4.90 Å². The summed E-state index contributed by atoms with van der Waals surface area (Å²) in [6.45, 7) is 7.09. The fourth-order valence-corrected chi connectivity index (χ4v) is 3.64. The number of rotatable bonds is 2. The number of aryl methyl sites for hydroxylation is 1. The van der Waals surface area contributed by atoms with Gasteiger partial charge in [0.2, 0.25) is 5.95 Å². The number of carbonyl (C=O) groups excluding carboxylic acids is 1. The smallest absolute Gasteiger partial charge is 0.272 e. The lowest BCUT2D eigenvalue weighted by Crippen LogP contribution is -2.45. The molecule has 1 amide bonds. The van der Waals surface area contributed by atoms with E-state index in [1.54, 1.807) is 0 Å². The molecule has 2 aliphatic heterocycles. The van der Waals surface area contributed by atoms with Gasteiger partial charge in [-0.15, -0.1) is 0 Å². The minimum atomic E-state index is 0.000352. The van der Waals surface area contributed by atoms with Crippen molar-refractivity contribution in [3.05, 3.63) is 52.8 Å². The summed E-state index contributed by atoms with van der Waals surface area (Å²) in [6.07, 6.45) is 0.900. The molecule has 2 aliphatic rings. The molecule has 0 N–H and O–H groups in total. The van der Waals surface area contributed by atoms with E-state index in [0.717, 1.165) is 44.8 Å². The van der Waals surface area contributed by atoms with Gasteiger partial charge in [-0.25, -0.2) is 9.97 Å². The van der Waals surface area contributed by atoms with E-state index in [9.17, 15) is 4.79 Å². The van der Waals surface area contributed by atoms with Crippen LogP contribution in [-0.2, 0) is 13.0 Å². The Balaban J connectivity index is 1.55. The molecule has 1 aromatic carbocycles. The molecule has 0 aliphatic carbocycles. The van der Waals surface area contributed by atoms with Gasteiger partial charge in [0.25, 0.3) is 5.91 Å². The van der Waals surface area contributed by atoms with Crippen molar-refractivity contribution in [3.8, 4) is 0 Å². The number of benzene rings is 1. The lowest BCUT2D eigenvalue weighted by atomic mass is 10.00. The Morgan fingerprint density at radius 2 is 1.73 bits per heavy atom. The van der Waals surface area contributed by atoms with Gasteiger partial charge >= 0.3 is 0 Å². The normalized spacial score (nSPS) is 17.9. The van der Waals surface area contributed by atoms with Crippen LogP contribution in [0.15, 0.2) is 30.3 Å². The first kappa shape index (κ1) is 17.0. The average Bonchev–Trinajstić information content (AvgIpc) is 2.67. The van der Waals surface area contributed by atoms with Crippen molar-refractivity contribution in [3.63, 3.8) is 0 Å². The summed E-state index contributed by atoms with van der Waals surface area (Å²) in [7, 11) is 2.12. The minimum Gasteiger partial charge on any atom is -0.338 e. The van der Waals surface area contributed by atoms with E-state index >= 15 is 0 Å².